The molecule has 1 aromatic carbocycles. The molecule has 0 aliphatic carbocycles. The number of hydrogen-bond donors (Lipinski definition) is 2. The zero-order chi connectivity index (χ0) is 20.1. The van der Waals surface area contributed by atoms with Gasteiger partial charge in [-0.05, 0) is 24.7 Å². The van der Waals surface area contributed by atoms with E-state index in [9.17, 15) is 18.0 Å². The highest BCUT2D eigenvalue weighted by molar-refractivity contribution is 5.52. The number of H-pyrrole nitrogens is 1. The number of pyridine rings is 1. The lowest BCUT2D eigenvalue weighted by Gasteiger charge is -2.32. The van der Waals surface area contributed by atoms with Crippen molar-refractivity contribution in [3.05, 3.63) is 63.6 Å². The first-order chi connectivity index (χ1) is 13.3. The Morgan fingerprint density at radius 3 is 2.54 bits per heavy atom. The number of hydrogen-bond acceptors (Lipinski definition) is 4. The average Bonchev–Trinajstić information content (AvgIpc) is 2.65. The minimum atomic E-state index is -4.49. The van der Waals surface area contributed by atoms with Gasteiger partial charge < -0.3 is 15.2 Å². The third-order valence-corrected chi connectivity index (χ3v) is 5.05. The Labute approximate surface area is 162 Å². The van der Waals surface area contributed by atoms with Crippen LogP contribution in [0.1, 0.15) is 16.7 Å². The largest absolute Gasteiger partial charge is 0.417 e. The van der Waals surface area contributed by atoms with E-state index in [2.05, 4.69) is 27.1 Å². The Hall–Kier alpha value is -2.32. The average molecular weight is 394 g/mol. The third kappa shape index (κ3) is 5.36. The first kappa shape index (κ1) is 20.4. The third-order valence-electron chi connectivity index (χ3n) is 5.05. The summed E-state index contributed by atoms with van der Waals surface area (Å²) in [5, 5.41) is 3.37. The van der Waals surface area contributed by atoms with Gasteiger partial charge in [-0.2, -0.15) is 13.2 Å². The number of nitrogens with one attached hydrogen (secondary N) is 2. The molecule has 8 heteroatoms. The van der Waals surface area contributed by atoms with Crippen molar-refractivity contribution in [1.82, 2.24) is 14.8 Å². The molecular formula is C20H25F3N4O. The SMILES string of the molecule is CN1CCN(CCNc2ccccc2Cc2cc(C(F)(F)F)c[nH]c2=O)CC1. The maximum atomic E-state index is 12.9. The second-order valence-electron chi connectivity index (χ2n) is 7.15. The molecule has 152 valence electrons. The van der Waals surface area contributed by atoms with Crippen LogP contribution in [0.2, 0.25) is 0 Å². The molecule has 0 amide bonds. The fraction of sp³-hybridized carbons (Fsp3) is 0.450. The highest BCUT2D eigenvalue weighted by Crippen LogP contribution is 2.29. The molecule has 1 saturated heterocycles. The summed E-state index contributed by atoms with van der Waals surface area (Å²) < 4.78 is 38.8. The molecule has 2 aromatic rings. The van der Waals surface area contributed by atoms with E-state index in [1.54, 1.807) is 0 Å². The summed E-state index contributed by atoms with van der Waals surface area (Å²) in [5.74, 6) is 0. The highest BCUT2D eigenvalue weighted by atomic mass is 19.4. The highest BCUT2D eigenvalue weighted by Gasteiger charge is 2.31. The number of likely N-dealkylation sites (N-methyl/N-ethyl adjacent to an activating group) is 1. The fourth-order valence-corrected chi connectivity index (χ4v) is 3.30. The van der Waals surface area contributed by atoms with Gasteiger partial charge in [0.05, 0.1) is 5.56 Å². The molecule has 1 aliphatic heterocycles. The van der Waals surface area contributed by atoms with Crippen LogP contribution in [0.3, 0.4) is 0 Å². The van der Waals surface area contributed by atoms with Crippen molar-refractivity contribution in [3.63, 3.8) is 0 Å². The zero-order valence-corrected chi connectivity index (χ0v) is 15.9. The number of alkyl halides is 3. The number of halogens is 3. The van der Waals surface area contributed by atoms with Gasteiger partial charge in [0.1, 0.15) is 0 Å². The molecule has 5 nitrogen and oxygen atoms in total. The van der Waals surface area contributed by atoms with Crippen molar-refractivity contribution in [3.8, 4) is 0 Å². The number of para-hydroxylation sites is 1. The van der Waals surface area contributed by atoms with Gasteiger partial charge in [0.25, 0.3) is 5.56 Å². The molecule has 1 aliphatic rings. The standard InChI is InChI=1S/C20H25F3N4O/c1-26-8-10-27(11-9-26)7-6-24-18-5-3-2-4-15(18)12-16-13-17(20(21,22)23)14-25-19(16)28/h2-5,13-14,24H,6-12H2,1H3,(H,25,28). The van der Waals surface area contributed by atoms with E-state index < -0.39 is 17.3 Å². The molecular weight excluding hydrogens is 369 g/mol. The molecule has 0 unspecified atom stereocenters. The summed E-state index contributed by atoms with van der Waals surface area (Å²) >= 11 is 0. The summed E-state index contributed by atoms with van der Waals surface area (Å²) in [5.41, 5.74) is 0.394. The number of benzene rings is 1. The molecule has 3 rings (SSSR count). The van der Waals surface area contributed by atoms with Crippen LogP contribution in [0.15, 0.2) is 41.3 Å². The van der Waals surface area contributed by atoms with Crippen LogP contribution in [-0.2, 0) is 12.6 Å². The van der Waals surface area contributed by atoms with Crippen molar-refractivity contribution in [2.24, 2.45) is 0 Å². The molecule has 1 fully saturated rings. The lowest BCUT2D eigenvalue weighted by molar-refractivity contribution is -0.137. The Balaban J connectivity index is 1.67. The summed E-state index contributed by atoms with van der Waals surface area (Å²) in [7, 11) is 2.11. The van der Waals surface area contributed by atoms with Gasteiger partial charge in [0.15, 0.2) is 0 Å². The number of rotatable bonds is 6. The van der Waals surface area contributed by atoms with Crippen LogP contribution in [0, 0.1) is 0 Å². The van der Waals surface area contributed by atoms with E-state index in [1.807, 2.05) is 24.3 Å². The summed E-state index contributed by atoms with van der Waals surface area (Å²) in [6, 6.07) is 8.35. The molecule has 2 N–H and O–H groups in total. The van der Waals surface area contributed by atoms with E-state index in [1.165, 1.54) is 0 Å². The molecule has 0 saturated carbocycles. The lowest BCUT2D eigenvalue weighted by Crippen LogP contribution is -2.45. The molecule has 0 atom stereocenters. The number of anilines is 1. The minimum Gasteiger partial charge on any atom is -0.384 e. The van der Waals surface area contributed by atoms with Crippen LogP contribution in [0.25, 0.3) is 0 Å². The van der Waals surface area contributed by atoms with Crippen LogP contribution in [0.5, 0.6) is 0 Å². The minimum absolute atomic E-state index is 0.100. The van der Waals surface area contributed by atoms with Gasteiger partial charge >= 0.3 is 6.18 Å². The van der Waals surface area contributed by atoms with Crippen molar-refractivity contribution in [2.45, 2.75) is 12.6 Å². The van der Waals surface area contributed by atoms with E-state index in [0.29, 0.717) is 6.20 Å². The Bertz CT molecular complexity index is 842. The molecule has 28 heavy (non-hydrogen) atoms. The van der Waals surface area contributed by atoms with Gasteiger partial charge in [-0.1, -0.05) is 18.2 Å². The molecule has 0 bridgehead atoms. The zero-order valence-electron chi connectivity index (χ0n) is 15.9. The first-order valence-electron chi connectivity index (χ1n) is 9.34. The molecule has 0 spiro atoms. The van der Waals surface area contributed by atoms with Gasteiger partial charge in [-0.3, -0.25) is 9.69 Å². The van der Waals surface area contributed by atoms with Crippen LogP contribution in [-0.4, -0.2) is 61.1 Å². The topological polar surface area (TPSA) is 51.4 Å². The van der Waals surface area contributed by atoms with Crippen molar-refractivity contribution >= 4 is 5.69 Å². The second kappa shape index (κ2) is 8.79. The van der Waals surface area contributed by atoms with Crippen LogP contribution >= 0.6 is 0 Å². The quantitative estimate of drug-likeness (QED) is 0.791. The van der Waals surface area contributed by atoms with Crippen LogP contribution in [0.4, 0.5) is 18.9 Å². The van der Waals surface area contributed by atoms with Gasteiger partial charge in [0, 0.05) is 63.1 Å². The number of nitrogens with zero attached hydrogens (tertiary/aromatic N) is 2. The van der Waals surface area contributed by atoms with E-state index in [4.69, 9.17) is 0 Å². The van der Waals surface area contributed by atoms with E-state index in [-0.39, 0.29) is 12.0 Å². The lowest BCUT2D eigenvalue weighted by atomic mass is 10.0. The molecule has 0 radical (unpaired) electrons. The summed E-state index contributed by atoms with van der Waals surface area (Å²) in [4.78, 5) is 18.9. The monoisotopic (exact) mass is 394 g/mol. The molecule has 1 aromatic heterocycles. The predicted octanol–water partition coefficient (Wildman–Crippen LogP) is 2.64. The van der Waals surface area contributed by atoms with Gasteiger partial charge in [-0.25, -0.2) is 0 Å². The molecule has 2 heterocycles. The first-order valence-corrected chi connectivity index (χ1v) is 9.34. The smallest absolute Gasteiger partial charge is 0.384 e. The normalized spacial score (nSPS) is 16.3. The number of aromatic amines is 1. The maximum Gasteiger partial charge on any atom is 0.417 e. The second-order valence-corrected chi connectivity index (χ2v) is 7.15. The van der Waals surface area contributed by atoms with Crippen molar-refractivity contribution in [2.75, 3.05) is 51.6 Å². The number of piperazine rings is 1. The Morgan fingerprint density at radius 2 is 1.82 bits per heavy atom. The maximum absolute atomic E-state index is 12.9. The Morgan fingerprint density at radius 1 is 1.11 bits per heavy atom. The van der Waals surface area contributed by atoms with E-state index >= 15 is 0 Å². The van der Waals surface area contributed by atoms with Gasteiger partial charge in [-0.15, -0.1) is 0 Å². The van der Waals surface area contributed by atoms with E-state index in [0.717, 1.165) is 56.6 Å². The predicted molar refractivity (Wildman–Crippen MR) is 104 cm³/mol. The van der Waals surface area contributed by atoms with Gasteiger partial charge in [0.2, 0.25) is 0 Å². The Kier molecular flexibility index (Phi) is 6.41. The number of aromatic nitrogens is 1. The van der Waals surface area contributed by atoms with Crippen molar-refractivity contribution < 1.29 is 13.2 Å². The van der Waals surface area contributed by atoms with Crippen molar-refractivity contribution in [1.29, 1.82) is 0 Å². The fourth-order valence-electron chi connectivity index (χ4n) is 3.30. The summed E-state index contributed by atoms with van der Waals surface area (Å²) in [6.45, 7) is 5.79. The van der Waals surface area contributed by atoms with Crippen LogP contribution < -0.4 is 10.9 Å². The summed E-state index contributed by atoms with van der Waals surface area (Å²) in [6.07, 6.45) is -3.64.